The van der Waals surface area contributed by atoms with Crippen LogP contribution >= 0.6 is 0 Å². The van der Waals surface area contributed by atoms with E-state index in [0.717, 1.165) is 32.6 Å². The lowest BCUT2D eigenvalue weighted by atomic mass is 9.78. The van der Waals surface area contributed by atoms with Crippen LogP contribution < -0.4 is 11.1 Å². The van der Waals surface area contributed by atoms with Gasteiger partial charge in [-0.05, 0) is 44.3 Å². The number of likely N-dealkylation sites (tertiary alicyclic amines) is 1. The minimum Gasteiger partial charge on any atom is -0.368 e. The van der Waals surface area contributed by atoms with Crippen LogP contribution in [0.1, 0.15) is 46.5 Å². The van der Waals surface area contributed by atoms with Crippen LogP contribution in [0.15, 0.2) is 0 Å². The highest BCUT2D eigenvalue weighted by Gasteiger charge is 2.29. The summed E-state index contributed by atoms with van der Waals surface area (Å²) in [4.78, 5) is 13.8. The molecule has 1 aliphatic heterocycles. The quantitative estimate of drug-likeness (QED) is 0.722. The van der Waals surface area contributed by atoms with Gasteiger partial charge in [0.1, 0.15) is 0 Å². The Hall–Kier alpha value is -0.610. The lowest BCUT2D eigenvalue weighted by Crippen LogP contribution is -2.51. The zero-order valence-corrected chi connectivity index (χ0v) is 12.2. The Kier molecular flexibility index (Phi) is 6.09. The first-order valence-corrected chi connectivity index (χ1v) is 7.26. The van der Waals surface area contributed by atoms with Crippen molar-refractivity contribution in [1.82, 2.24) is 10.2 Å². The predicted octanol–water partition coefficient (Wildman–Crippen LogP) is 1.35. The first-order chi connectivity index (χ1) is 8.50. The van der Waals surface area contributed by atoms with Crippen LogP contribution in [-0.2, 0) is 4.79 Å². The summed E-state index contributed by atoms with van der Waals surface area (Å²) in [7, 11) is 0. The van der Waals surface area contributed by atoms with Crippen LogP contribution in [-0.4, -0.2) is 43.0 Å². The lowest BCUT2D eigenvalue weighted by molar-refractivity contribution is -0.120. The maximum Gasteiger partial charge on any atom is 0.235 e. The number of nitrogens with zero attached hydrogens (tertiary/aromatic N) is 1. The van der Waals surface area contributed by atoms with Crippen molar-refractivity contribution in [3.63, 3.8) is 0 Å². The Labute approximate surface area is 111 Å². The minimum absolute atomic E-state index is 0.198. The number of hydrogen-bond donors (Lipinski definition) is 2. The Morgan fingerprint density at radius 2 is 2.00 bits per heavy atom. The van der Waals surface area contributed by atoms with E-state index < -0.39 is 0 Å². The number of primary amides is 1. The van der Waals surface area contributed by atoms with Crippen molar-refractivity contribution in [1.29, 1.82) is 0 Å². The molecule has 1 aliphatic rings. The van der Waals surface area contributed by atoms with E-state index in [4.69, 9.17) is 5.73 Å². The molecule has 1 rings (SSSR count). The number of amides is 1. The first-order valence-electron chi connectivity index (χ1n) is 7.26. The Balaban J connectivity index is 2.40. The number of carbonyl (C=O) groups is 1. The van der Waals surface area contributed by atoms with Gasteiger partial charge in [0, 0.05) is 6.54 Å². The highest BCUT2D eigenvalue weighted by molar-refractivity contribution is 5.80. The van der Waals surface area contributed by atoms with Gasteiger partial charge in [-0.1, -0.05) is 27.2 Å². The first kappa shape index (κ1) is 15.4. The van der Waals surface area contributed by atoms with Crippen molar-refractivity contribution < 1.29 is 4.79 Å². The standard InChI is InChI=1S/C14H29N3O/c1-4-8-16-12(13(15)18)11-17-9-6-14(3,5-2)7-10-17/h12,16H,4-11H2,1-3H3,(H2,15,18). The Bertz CT molecular complexity index is 260. The molecule has 4 nitrogen and oxygen atoms in total. The predicted molar refractivity (Wildman–Crippen MR) is 75.3 cm³/mol. The molecule has 0 aromatic rings. The monoisotopic (exact) mass is 255 g/mol. The van der Waals surface area contributed by atoms with E-state index in [2.05, 4.69) is 31.0 Å². The van der Waals surface area contributed by atoms with Crippen LogP contribution in [0.4, 0.5) is 0 Å². The topological polar surface area (TPSA) is 58.4 Å². The summed E-state index contributed by atoms with van der Waals surface area (Å²) in [6.07, 6.45) is 4.72. The fraction of sp³-hybridized carbons (Fsp3) is 0.929. The smallest absolute Gasteiger partial charge is 0.235 e. The Morgan fingerprint density at radius 1 is 1.39 bits per heavy atom. The molecule has 3 N–H and O–H groups in total. The molecule has 0 bridgehead atoms. The van der Waals surface area contributed by atoms with Crippen molar-refractivity contribution in [3.8, 4) is 0 Å². The third-order valence-electron chi connectivity index (χ3n) is 4.34. The van der Waals surface area contributed by atoms with Gasteiger partial charge in [0.05, 0.1) is 6.04 Å². The van der Waals surface area contributed by atoms with E-state index >= 15 is 0 Å². The normalized spacial score (nSPS) is 21.7. The second kappa shape index (κ2) is 7.10. The van der Waals surface area contributed by atoms with E-state index in [1.54, 1.807) is 0 Å². The van der Waals surface area contributed by atoms with Gasteiger partial charge in [-0.2, -0.15) is 0 Å². The van der Waals surface area contributed by atoms with Crippen molar-refractivity contribution in [2.24, 2.45) is 11.1 Å². The largest absolute Gasteiger partial charge is 0.368 e. The summed E-state index contributed by atoms with van der Waals surface area (Å²) in [5, 5.41) is 3.23. The molecule has 0 aromatic heterocycles. The number of piperidine rings is 1. The molecular weight excluding hydrogens is 226 g/mol. The summed E-state index contributed by atoms with van der Waals surface area (Å²) >= 11 is 0. The highest BCUT2D eigenvalue weighted by atomic mass is 16.1. The number of hydrogen-bond acceptors (Lipinski definition) is 3. The van der Waals surface area contributed by atoms with E-state index in [0.29, 0.717) is 5.41 Å². The molecule has 18 heavy (non-hydrogen) atoms. The summed E-state index contributed by atoms with van der Waals surface area (Å²) in [6.45, 7) is 10.5. The molecule has 0 spiro atoms. The molecule has 0 saturated carbocycles. The van der Waals surface area contributed by atoms with Crippen molar-refractivity contribution >= 4 is 5.91 Å². The molecule has 1 amide bonds. The lowest BCUT2D eigenvalue weighted by Gasteiger charge is -2.39. The molecule has 0 aliphatic carbocycles. The fourth-order valence-corrected chi connectivity index (χ4v) is 2.46. The molecule has 0 radical (unpaired) electrons. The van der Waals surface area contributed by atoms with Crippen LogP contribution in [0.2, 0.25) is 0 Å². The molecule has 106 valence electrons. The molecule has 1 saturated heterocycles. The molecule has 0 aromatic carbocycles. The molecular formula is C14H29N3O. The fourth-order valence-electron chi connectivity index (χ4n) is 2.46. The van der Waals surface area contributed by atoms with Crippen LogP contribution in [0.25, 0.3) is 0 Å². The maximum atomic E-state index is 11.4. The SMILES string of the molecule is CCCNC(CN1CCC(C)(CC)CC1)C(N)=O. The second-order valence-corrected chi connectivity index (χ2v) is 5.87. The molecule has 1 atom stereocenters. The summed E-state index contributed by atoms with van der Waals surface area (Å²) in [5.41, 5.74) is 5.94. The Morgan fingerprint density at radius 3 is 2.44 bits per heavy atom. The minimum atomic E-state index is -0.229. The zero-order valence-electron chi connectivity index (χ0n) is 12.2. The van der Waals surface area contributed by atoms with Crippen LogP contribution in [0.3, 0.4) is 0 Å². The number of nitrogens with one attached hydrogen (secondary N) is 1. The van der Waals surface area contributed by atoms with Gasteiger partial charge in [0.2, 0.25) is 5.91 Å². The van der Waals surface area contributed by atoms with Gasteiger partial charge in [0.25, 0.3) is 0 Å². The van der Waals surface area contributed by atoms with E-state index in [9.17, 15) is 4.79 Å². The second-order valence-electron chi connectivity index (χ2n) is 5.87. The van der Waals surface area contributed by atoms with E-state index in [-0.39, 0.29) is 11.9 Å². The van der Waals surface area contributed by atoms with Crippen LogP contribution in [0, 0.1) is 5.41 Å². The highest BCUT2D eigenvalue weighted by Crippen LogP contribution is 2.33. The average molecular weight is 255 g/mol. The van der Waals surface area contributed by atoms with Crippen molar-refractivity contribution in [3.05, 3.63) is 0 Å². The van der Waals surface area contributed by atoms with Crippen LogP contribution in [0.5, 0.6) is 0 Å². The molecule has 1 unspecified atom stereocenters. The van der Waals surface area contributed by atoms with Gasteiger partial charge in [0.15, 0.2) is 0 Å². The summed E-state index contributed by atoms with van der Waals surface area (Å²) in [6, 6.07) is -0.198. The third kappa shape index (κ3) is 4.58. The number of carbonyl (C=O) groups excluding carboxylic acids is 1. The van der Waals surface area contributed by atoms with Crippen molar-refractivity contribution in [2.75, 3.05) is 26.2 Å². The molecule has 1 heterocycles. The van der Waals surface area contributed by atoms with Gasteiger partial charge in [-0.25, -0.2) is 0 Å². The molecule has 1 fully saturated rings. The third-order valence-corrected chi connectivity index (χ3v) is 4.34. The zero-order chi connectivity index (χ0) is 13.6. The molecule has 4 heteroatoms. The van der Waals surface area contributed by atoms with Crippen molar-refractivity contribution in [2.45, 2.75) is 52.5 Å². The summed E-state index contributed by atoms with van der Waals surface area (Å²) < 4.78 is 0. The van der Waals surface area contributed by atoms with E-state index in [1.165, 1.54) is 19.3 Å². The maximum absolute atomic E-state index is 11.4. The number of rotatable bonds is 7. The van der Waals surface area contributed by atoms with Gasteiger partial charge >= 0.3 is 0 Å². The summed E-state index contributed by atoms with van der Waals surface area (Å²) in [5.74, 6) is -0.229. The van der Waals surface area contributed by atoms with Gasteiger partial charge < -0.3 is 16.0 Å². The average Bonchev–Trinajstić information content (AvgIpc) is 2.36. The van der Waals surface area contributed by atoms with Gasteiger partial charge in [-0.15, -0.1) is 0 Å². The van der Waals surface area contributed by atoms with Gasteiger partial charge in [-0.3, -0.25) is 4.79 Å². The number of nitrogens with two attached hydrogens (primary N) is 1. The van der Waals surface area contributed by atoms with E-state index in [1.807, 2.05) is 0 Å².